The van der Waals surface area contributed by atoms with Crippen LogP contribution in [0.5, 0.6) is 0 Å². The highest BCUT2D eigenvalue weighted by atomic mass is 31.2. The number of unbranched alkanes of at least 4 members (excludes halogenated alkanes) is 13. The van der Waals surface area contributed by atoms with Crippen molar-refractivity contribution in [3.8, 4) is 0 Å². The normalized spacial score (nSPS) is 13.3. The maximum atomic E-state index is 10.7. The van der Waals surface area contributed by atoms with E-state index in [1.807, 2.05) is 0 Å². The first kappa shape index (κ1) is 25.1. The molecule has 0 amide bonds. The summed E-state index contributed by atoms with van der Waals surface area (Å²) >= 11 is 0. The van der Waals surface area contributed by atoms with Gasteiger partial charge in [0.05, 0.1) is 18.9 Å². The molecule has 0 spiro atoms. The summed E-state index contributed by atoms with van der Waals surface area (Å²) in [6, 6.07) is 0. The lowest BCUT2D eigenvalue weighted by Crippen LogP contribution is -2.20. The van der Waals surface area contributed by atoms with Gasteiger partial charge in [0.2, 0.25) is 0 Å². The Labute approximate surface area is 154 Å². The Morgan fingerprint density at radius 3 is 1.56 bits per heavy atom. The summed E-state index contributed by atoms with van der Waals surface area (Å²) in [5, 5.41) is 9.38. The van der Waals surface area contributed by atoms with Gasteiger partial charge in [0.15, 0.2) is 0 Å². The third kappa shape index (κ3) is 22.0. The number of aliphatic hydroxyl groups is 1. The molecule has 0 aromatic carbocycles. The molecule has 0 radical (unpaired) electrons. The Kier molecular flexibility index (Phi) is 17.5. The Bertz CT molecular complexity index is 319. The van der Waals surface area contributed by atoms with Gasteiger partial charge < -0.3 is 19.6 Å². The molecule has 152 valence electrons. The first-order chi connectivity index (χ1) is 12.0. The standard InChI is InChI=1S/C19H41O5P/c1-2-3-4-5-6-7-8-9-10-11-12-13-14-15-16-24-17-19(20)18-25(21,22)23/h19-20H,2-18H2,1H3,(H2,21,22,23). The van der Waals surface area contributed by atoms with Crippen molar-refractivity contribution in [1.82, 2.24) is 0 Å². The van der Waals surface area contributed by atoms with Gasteiger partial charge in [-0.2, -0.15) is 0 Å². The molecule has 0 saturated carbocycles. The van der Waals surface area contributed by atoms with E-state index in [0.29, 0.717) is 6.61 Å². The van der Waals surface area contributed by atoms with Crippen molar-refractivity contribution >= 4 is 7.60 Å². The van der Waals surface area contributed by atoms with E-state index in [9.17, 15) is 9.67 Å². The molecule has 5 nitrogen and oxygen atoms in total. The van der Waals surface area contributed by atoms with Crippen LogP contribution < -0.4 is 0 Å². The molecule has 0 aliphatic carbocycles. The van der Waals surface area contributed by atoms with Crippen molar-refractivity contribution in [1.29, 1.82) is 0 Å². The van der Waals surface area contributed by atoms with Crippen LogP contribution >= 0.6 is 7.60 Å². The second kappa shape index (κ2) is 17.5. The second-order valence-corrected chi connectivity index (χ2v) is 8.87. The molecule has 3 N–H and O–H groups in total. The molecule has 0 aliphatic heterocycles. The van der Waals surface area contributed by atoms with Crippen LogP contribution in [0.15, 0.2) is 0 Å². The minimum atomic E-state index is -4.14. The van der Waals surface area contributed by atoms with Crippen molar-refractivity contribution in [2.45, 2.75) is 103 Å². The summed E-state index contributed by atoms with van der Waals surface area (Å²) in [5.74, 6) is 0. The number of rotatable bonds is 19. The Morgan fingerprint density at radius 2 is 1.16 bits per heavy atom. The third-order valence-corrected chi connectivity index (χ3v) is 5.30. The van der Waals surface area contributed by atoms with Crippen LogP contribution in [0.1, 0.15) is 96.8 Å². The van der Waals surface area contributed by atoms with Crippen LogP contribution in [-0.4, -0.2) is 40.4 Å². The maximum absolute atomic E-state index is 10.7. The Balaban J connectivity index is 3.13. The lowest BCUT2D eigenvalue weighted by molar-refractivity contribution is 0.0438. The van der Waals surface area contributed by atoms with Crippen LogP contribution in [0.3, 0.4) is 0 Å². The molecule has 0 saturated heterocycles. The van der Waals surface area contributed by atoms with Gasteiger partial charge >= 0.3 is 7.60 Å². The lowest BCUT2D eigenvalue weighted by atomic mass is 10.0. The van der Waals surface area contributed by atoms with E-state index >= 15 is 0 Å². The van der Waals surface area contributed by atoms with Gasteiger partial charge in [0, 0.05) is 6.61 Å². The van der Waals surface area contributed by atoms with E-state index in [1.54, 1.807) is 0 Å². The minimum Gasteiger partial charge on any atom is -0.390 e. The zero-order chi connectivity index (χ0) is 18.8. The highest BCUT2D eigenvalue weighted by Gasteiger charge is 2.19. The molecule has 0 heterocycles. The van der Waals surface area contributed by atoms with E-state index < -0.39 is 19.9 Å². The number of ether oxygens (including phenoxy) is 1. The maximum Gasteiger partial charge on any atom is 0.328 e. The summed E-state index contributed by atoms with van der Waals surface area (Å²) < 4.78 is 15.9. The minimum absolute atomic E-state index is 0.00353. The third-order valence-electron chi connectivity index (χ3n) is 4.40. The first-order valence-electron chi connectivity index (χ1n) is 10.3. The largest absolute Gasteiger partial charge is 0.390 e. The molecule has 6 heteroatoms. The average molecular weight is 381 g/mol. The molecule has 0 aliphatic rings. The summed E-state index contributed by atoms with van der Waals surface area (Å²) in [7, 11) is -4.14. The fourth-order valence-electron chi connectivity index (χ4n) is 2.95. The zero-order valence-electron chi connectivity index (χ0n) is 16.2. The molecular formula is C19H41O5P. The van der Waals surface area contributed by atoms with Gasteiger partial charge in [0.1, 0.15) is 0 Å². The molecule has 0 fully saturated rings. The molecule has 0 aromatic heterocycles. The number of aliphatic hydroxyl groups excluding tert-OH is 1. The molecule has 1 atom stereocenters. The fraction of sp³-hybridized carbons (Fsp3) is 1.00. The topological polar surface area (TPSA) is 87.0 Å². The van der Waals surface area contributed by atoms with Crippen LogP contribution in [0.4, 0.5) is 0 Å². The van der Waals surface area contributed by atoms with Crippen molar-refractivity contribution in [3.63, 3.8) is 0 Å². The van der Waals surface area contributed by atoms with Gasteiger partial charge in [-0.05, 0) is 6.42 Å². The first-order valence-corrected chi connectivity index (χ1v) is 12.1. The predicted octanol–water partition coefficient (Wildman–Crippen LogP) is 5.02. The van der Waals surface area contributed by atoms with E-state index in [-0.39, 0.29) is 6.61 Å². The Morgan fingerprint density at radius 1 is 0.760 bits per heavy atom. The van der Waals surface area contributed by atoms with E-state index in [4.69, 9.17) is 14.5 Å². The smallest absolute Gasteiger partial charge is 0.328 e. The molecule has 0 aromatic rings. The average Bonchev–Trinajstić information content (AvgIpc) is 2.53. The molecule has 25 heavy (non-hydrogen) atoms. The SMILES string of the molecule is CCCCCCCCCCCCCCCCOCC(O)CP(=O)(O)O. The number of hydrogen-bond donors (Lipinski definition) is 3. The van der Waals surface area contributed by atoms with Crippen LogP contribution in [-0.2, 0) is 9.30 Å². The van der Waals surface area contributed by atoms with Gasteiger partial charge in [-0.15, -0.1) is 0 Å². The van der Waals surface area contributed by atoms with Gasteiger partial charge in [-0.25, -0.2) is 0 Å². The summed E-state index contributed by atoms with van der Waals surface area (Å²) in [5.41, 5.74) is 0. The Hall–Kier alpha value is 0.0700. The quantitative estimate of drug-likeness (QED) is 0.216. The van der Waals surface area contributed by atoms with Crippen LogP contribution in [0.2, 0.25) is 0 Å². The van der Waals surface area contributed by atoms with Crippen molar-refractivity contribution < 1.29 is 24.2 Å². The summed E-state index contributed by atoms with van der Waals surface area (Å²) in [6.07, 6.45) is 16.7. The van der Waals surface area contributed by atoms with Gasteiger partial charge in [-0.1, -0.05) is 90.4 Å². The van der Waals surface area contributed by atoms with E-state index in [2.05, 4.69) is 6.92 Å². The highest BCUT2D eigenvalue weighted by Crippen LogP contribution is 2.34. The number of hydrogen-bond acceptors (Lipinski definition) is 3. The van der Waals surface area contributed by atoms with E-state index in [1.165, 1.54) is 77.0 Å². The molecule has 0 bridgehead atoms. The molecule has 0 rings (SSSR count). The highest BCUT2D eigenvalue weighted by molar-refractivity contribution is 7.51. The molecule has 1 unspecified atom stereocenters. The predicted molar refractivity (Wildman–Crippen MR) is 104 cm³/mol. The second-order valence-electron chi connectivity index (χ2n) is 7.17. The van der Waals surface area contributed by atoms with Crippen molar-refractivity contribution in [3.05, 3.63) is 0 Å². The van der Waals surface area contributed by atoms with Gasteiger partial charge in [0.25, 0.3) is 0 Å². The van der Waals surface area contributed by atoms with Crippen LogP contribution in [0.25, 0.3) is 0 Å². The van der Waals surface area contributed by atoms with Gasteiger partial charge in [-0.3, -0.25) is 4.57 Å². The van der Waals surface area contributed by atoms with E-state index in [0.717, 1.165) is 12.8 Å². The summed E-state index contributed by atoms with van der Waals surface area (Å²) in [6.45, 7) is 2.81. The fourth-order valence-corrected chi connectivity index (χ4v) is 3.60. The monoisotopic (exact) mass is 380 g/mol. The lowest BCUT2D eigenvalue weighted by Gasteiger charge is -2.11. The molecular weight excluding hydrogens is 339 g/mol. The summed E-state index contributed by atoms with van der Waals surface area (Å²) in [4.78, 5) is 17.4. The zero-order valence-corrected chi connectivity index (χ0v) is 17.1. The van der Waals surface area contributed by atoms with Crippen molar-refractivity contribution in [2.75, 3.05) is 19.4 Å². The van der Waals surface area contributed by atoms with Crippen LogP contribution in [0, 0.1) is 0 Å². The van der Waals surface area contributed by atoms with Crippen molar-refractivity contribution in [2.24, 2.45) is 0 Å².